The molecule has 0 aromatic carbocycles. The summed E-state index contributed by atoms with van der Waals surface area (Å²) in [5.41, 5.74) is 5.90. The molecule has 4 unspecified atom stereocenters. The number of halogens is 1. The molecule has 0 aromatic rings. The summed E-state index contributed by atoms with van der Waals surface area (Å²) in [6, 6.07) is 0.445. The topological polar surface area (TPSA) is 26.0 Å². The van der Waals surface area contributed by atoms with E-state index in [1.54, 1.807) is 0 Å². The lowest BCUT2D eigenvalue weighted by Gasteiger charge is -2.12. The van der Waals surface area contributed by atoms with Gasteiger partial charge in [-0.1, -0.05) is 36.4 Å². The fourth-order valence-electron chi connectivity index (χ4n) is 1.57. The highest BCUT2D eigenvalue weighted by Gasteiger charge is 2.33. The zero-order valence-corrected chi connectivity index (χ0v) is 8.13. The average Bonchev–Trinajstić information content (AvgIpc) is 1.98. The van der Waals surface area contributed by atoms with Crippen LogP contribution >= 0.6 is 22.6 Å². The van der Waals surface area contributed by atoms with Crippen molar-refractivity contribution in [3.63, 3.8) is 0 Å². The Balaban J connectivity index is 2.54. The fourth-order valence-corrected chi connectivity index (χ4v) is 2.57. The third kappa shape index (κ3) is 1.40. The van der Waals surface area contributed by atoms with Crippen LogP contribution < -0.4 is 5.73 Å². The van der Waals surface area contributed by atoms with Crippen LogP contribution in [0.4, 0.5) is 0 Å². The van der Waals surface area contributed by atoms with E-state index in [4.69, 9.17) is 5.73 Å². The monoisotopic (exact) mass is 239 g/mol. The predicted octanol–water partition coefficient (Wildman–Crippen LogP) is 1.79. The molecule has 1 aliphatic rings. The van der Waals surface area contributed by atoms with Crippen molar-refractivity contribution in [1.29, 1.82) is 0 Å². The van der Waals surface area contributed by atoms with Gasteiger partial charge in [0.2, 0.25) is 0 Å². The Hall–Kier alpha value is 0.690. The second-order valence-corrected chi connectivity index (χ2v) is 4.65. The molecule has 0 aromatic heterocycles. The maximum Gasteiger partial charge on any atom is 0.0289 e. The fraction of sp³-hybridized carbons (Fsp3) is 1.00. The van der Waals surface area contributed by atoms with Gasteiger partial charge in [0.05, 0.1) is 0 Å². The largest absolute Gasteiger partial charge is 0.326 e. The van der Waals surface area contributed by atoms with Gasteiger partial charge < -0.3 is 5.73 Å². The molecular weight excluding hydrogens is 225 g/mol. The van der Waals surface area contributed by atoms with Gasteiger partial charge in [0.1, 0.15) is 0 Å². The van der Waals surface area contributed by atoms with Crippen LogP contribution in [0.25, 0.3) is 0 Å². The van der Waals surface area contributed by atoms with Crippen molar-refractivity contribution in [3.8, 4) is 0 Å². The van der Waals surface area contributed by atoms with Crippen molar-refractivity contribution in [1.82, 2.24) is 0 Å². The molecule has 4 atom stereocenters. The van der Waals surface area contributed by atoms with Crippen molar-refractivity contribution < 1.29 is 0 Å². The highest BCUT2D eigenvalue weighted by atomic mass is 127. The van der Waals surface area contributed by atoms with E-state index in [1.807, 2.05) is 0 Å². The van der Waals surface area contributed by atoms with E-state index in [9.17, 15) is 0 Å². The Morgan fingerprint density at radius 1 is 1.33 bits per heavy atom. The van der Waals surface area contributed by atoms with Gasteiger partial charge >= 0.3 is 0 Å². The van der Waals surface area contributed by atoms with Gasteiger partial charge in [0.15, 0.2) is 0 Å². The van der Waals surface area contributed by atoms with Gasteiger partial charge in [0, 0.05) is 9.97 Å². The molecule has 1 rings (SSSR count). The molecule has 0 heterocycles. The van der Waals surface area contributed by atoms with Crippen LogP contribution in [-0.2, 0) is 0 Å². The van der Waals surface area contributed by atoms with Crippen molar-refractivity contribution in [2.75, 3.05) is 0 Å². The lowest BCUT2D eigenvalue weighted by Crippen LogP contribution is -2.31. The average molecular weight is 239 g/mol. The number of hydrogen-bond donors (Lipinski definition) is 1. The number of hydrogen-bond acceptors (Lipinski definition) is 1. The zero-order chi connectivity index (χ0) is 7.02. The standard InChI is InChI=1S/C7H14IN/c1-4-3-5(2)7(9)6(4)8/h4-7H,3,9H2,1-2H3. The summed E-state index contributed by atoms with van der Waals surface area (Å²) in [5.74, 6) is 1.57. The lowest BCUT2D eigenvalue weighted by atomic mass is 10.1. The summed E-state index contributed by atoms with van der Waals surface area (Å²) in [6.45, 7) is 4.54. The smallest absolute Gasteiger partial charge is 0.0289 e. The molecule has 54 valence electrons. The van der Waals surface area contributed by atoms with Crippen molar-refractivity contribution in [2.24, 2.45) is 17.6 Å². The van der Waals surface area contributed by atoms with Gasteiger partial charge in [-0.25, -0.2) is 0 Å². The number of rotatable bonds is 0. The second-order valence-electron chi connectivity index (χ2n) is 3.21. The van der Waals surface area contributed by atoms with Crippen LogP contribution in [0.3, 0.4) is 0 Å². The van der Waals surface area contributed by atoms with Gasteiger partial charge in [-0.15, -0.1) is 0 Å². The molecule has 1 aliphatic carbocycles. The van der Waals surface area contributed by atoms with Gasteiger partial charge in [-0.3, -0.25) is 0 Å². The molecule has 1 saturated carbocycles. The molecule has 0 spiro atoms. The molecule has 2 N–H and O–H groups in total. The van der Waals surface area contributed by atoms with E-state index in [0.717, 1.165) is 11.8 Å². The van der Waals surface area contributed by atoms with E-state index >= 15 is 0 Å². The molecule has 0 saturated heterocycles. The van der Waals surface area contributed by atoms with Crippen LogP contribution in [0, 0.1) is 11.8 Å². The first kappa shape index (κ1) is 7.79. The summed E-state index contributed by atoms with van der Waals surface area (Å²) in [6.07, 6.45) is 1.31. The maximum atomic E-state index is 5.90. The molecule has 0 aliphatic heterocycles. The molecule has 2 heteroatoms. The minimum absolute atomic E-state index is 0.445. The summed E-state index contributed by atoms with van der Waals surface area (Å²) in [5, 5.41) is 0. The quantitative estimate of drug-likeness (QED) is 0.506. The minimum Gasteiger partial charge on any atom is -0.326 e. The first-order valence-corrected chi connectivity index (χ1v) is 4.77. The highest BCUT2D eigenvalue weighted by molar-refractivity contribution is 14.1. The molecule has 1 fully saturated rings. The summed E-state index contributed by atoms with van der Waals surface area (Å²) >= 11 is 2.47. The minimum atomic E-state index is 0.445. The SMILES string of the molecule is CC1CC(C)C(I)C1N. The van der Waals surface area contributed by atoms with Gasteiger partial charge in [0.25, 0.3) is 0 Å². The molecule has 0 radical (unpaired) electrons. The predicted molar refractivity (Wildman–Crippen MR) is 48.7 cm³/mol. The van der Waals surface area contributed by atoms with E-state index in [2.05, 4.69) is 36.4 Å². The Kier molecular flexibility index (Phi) is 2.37. The van der Waals surface area contributed by atoms with Crippen molar-refractivity contribution in [2.45, 2.75) is 30.2 Å². The molecule has 0 amide bonds. The van der Waals surface area contributed by atoms with Crippen molar-refractivity contribution >= 4 is 22.6 Å². The van der Waals surface area contributed by atoms with Crippen molar-refractivity contribution in [3.05, 3.63) is 0 Å². The van der Waals surface area contributed by atoms with Gasteiger partial charge in [-0.05, 0) is 18.3 Å². The van der Waals surface area contributed by atoms with Crippen LogP contribution in [0.1, 0.15) is 20.3 Å². The normalized spacial score (nSPS) is 52.0. The third-order valence-corrected chi connectivity index (χ3v) is 4.37. The Morgan fingerprint density at radius 2 is 1.89 bits per heavy atom. The van der Waals surface area contributed by atoms with Gasteiger partial charge in [-0.2, -0.15) is 0 Å². The molecule has 1 nitrogen and oxygen atoms in total. The zero-order valence-electron chi connectivity index (χ0n) is 5.97. The Bertz CT molecular complexity index is 93.1. The summed E-state index contributed by atoms with van der Waals surface area (Å²) in [7, 11) is 0. The highest BCUT2D eigenvalue weighted by Crippen LogP contribution is 2.34. The van der Waals surface area contributed by atoms with E-state index in [1.165, 1.54) is 6.42 Å². The van der Waals surface area contributed by atoms with Crippen LogP contribution in [0.5, 0.6) is 0 Å². The molecule has 0 bridgehead atoms. The maximum absolute atomic E-state index is 5.90. The number of alkyl halides is 1. The Morgan fingerprint density at radius 3 is 2.00 bits per heavy atom. The van der Waals surface area contributed by atoms with E-state index < -0.39 is 0 Å². The summed E-state index contributed by atoms with van der Waals surface area (Å²) < 4.78 is 0.706. The van der Waals surface area contributed by atoms with Crippen LogP contribution in [0.15, 0.2) is 0 Å². The van der Waals surface area contributed by atoms with E-state index in [-0.39, 0.29) is 0 Å². The lowest BCUT2D eigenvalue weighted by molar-refractivity contribution is 0.523. The first-order valence-electron chi connectivity index (χ1n) is 3.52. The Labute approximate surface area is 70.5 Å². The molecular formula is C7H14IN. The number of nitrogens with two attached hydrogens (primary N) is 1. The van der Waals surface area contributed by atoms with Crippen LogP contribution in [-0.4, -0.2) is 9.97 Å². The van der Waals surface area contributed by atoms with E-state index in [0.29, 0.717) is 9.97 Å². The second kappa shape index (κ2) is 2.74. The third-order valence-electron chi connectivity index (χ3n) is 2.31. The molecule has 9 heavy (non-hydrogen) atoms. The summed E-state index contributed by atoms with van der Waals surface area (Å²) in [4.78, 5) is 0. The van der Waals surface area contributed by atoms with Crippen LogP contribution in [0.2, 0.25) is 0 Å². The first-order chi connectivity index (χ1) is 4.13.